The van der Waals surface area contributed by atoms with Crippen LogP contribution in [0.25, 0.3) is 44.2 Å². The van der Waals surface area contributed by atoms with Gasteiger partial charge in [-0.2, -0.15) is 15.8 Å². The van der Waals surface area contributed by atoms with E-state index in [1.807, 2.05) is 36.4 Å². The summed E-state index contributed by atoms with van der Waals surface area (Å²) in [7, 11) is 0. The van der Waals surface area contributed by atoms with E-state index in [0.717, 1.165) is 69.3 Å². The Balaban J connectivity index is 1.19. The quantitative estimate of drug-likeness (QED) is 0.191. The number of fused-ring (bicyclic) bond motifs is 3. The zero-order valence-electron chi connectivity index (χ0n) is 29.3. The molecule has 5 heteroatoms. The number of nitrogens with one attached hydrogen (secondary N) is 1. The third-order valence-electron chi connectivity index (χ3n) is 10.8. The van der Waals surface area contributed by atoms with Crippen LogP contribution in [0.4, 0.5) is 11.4 Å². The first kappa shape index (κ1) is 32.6. The molecule has 2 aliphatic rings. The van der Waals surface area contributed by atoms with E-state index in [4.69, 9.17) is 0 Å². The normalized spacial score (nSPS) is 18.4. The van der Waals surface area contributed by atoms with Gasteiger partial charge in [-0.3, -0.25) is 0 Å². The first-order valence-corrected chi connectivity index (χ1v) is 17.9. The molecule has 2 aliphatic carbocycles. The molecule has 0 spiro atoms. The molecule has 3 unspecified atom stereocenters. The third kappa shape index (κ3) is 5.56. The van der Waals surface area contributed by atoms with Crippen molar-refractivity contribution in [2.45, 2.75) is 33.1 Å². The SMILES string of the molecule is Cc1ccccc1-c1ccccc1Nc1ccccc1C1=CCCC=C1C1C(C#N)C=C(n2c3ccc(C#N)cc3c3c(C#N)cccc32)CC1C. The summed E-state index contributed by atoms with van der Waals surface area (Å²) in [5, 5.41) is 36.1. The summed E-state index contributed by atoms with van der Waals surface area (Å²) in [6.45, 7) is 4.41. The molecular weight excluding hydrogens is 635 g/mol. The minimum atomic E-state index is -0.363. The second kappa shape index (κ2) is 13.6. The molecule has 0 saturated heterocycles. The standard InChI is InChI=1S/C47H37N5/c1-30-12-3-4-14-36(30)38-16-7-9-19-42(38)51-43-20-10-8-17-39(43)37-15-5-6-18-40(37)46-31(2)24-35(26-34(46)29-50)52-44-23-22-32(27-48)25-41(44)47-33(28-49)13-11-21-45(47)52/h3-4,7-23,25-26,31,34,46,51H,5-6,24H2,1-2H3. The summed E-state index contributed by atoms with van der Waals surface area (Å²) < 4.78 is 2.21. The molecule has 0 amide bonds. The predicted molar refractivity (Wildman–Crippen MR) is 211 cm³/mol. The Labute approximate surface area is 304 Å². The van der Waals surface area contributed by atoms with Crippen molar-refractivity contribution in [2.24, 2.45) is 17.8 Å². The summed E-state index contributed by atoms with van der Waals surface area (Å²) in [5.41, 5.74) is 13.3. The number of hydrogen-bond donors (Lipinski definition) is 1. The van der Waals surface area contributed by atoms with Gasteiger partial charge in [-0.05, 0) is 103 Å². The van der Waals surface area contributed by atoms with Crippen LogP contribution in [0.5, 0.6) is 0 Å². The van der Waals surface area contributed by atoms with Crippen molar-refractivity contribution in [1.82, 2.24) is 4.57 Å². The van der Waals surface area contributed by atoms with Gasteiger partial charge in [0.05, 0.1) is 46.3 Å². The maximum Gasteiger partial charge on any atom is 0.0998 e. The fourth-order valence-electron chi connectivity index (χ4n) is 8.47. The Morgan fingerprint density at radius 1 is 0.712 bits per heavy atom. The predicted octanol–water partition coefficient (Wildman–Crippen LogP) is 11.7. The van der Waals surface area contributed by atoms with Gasteiger partial charge in [-0.25, -0.2) is 0 Å². The lowest BCUT2D eigenvalue weighted by atomic mass is 9.68. The number of aromatic nitrogens is 1. The van der Waals surface area contributed by atoms with Gasteiger partial charge in [0.25, 0.3) is 0 Å². The molecule has 1 N–H and O–H groups in total. The number of aryl methyl sites for hydroxylation is 1. The van der Waals surface area contributed by atoms with E-state index < -0.39 is 0 Å². The minimum Gasteiger partial charge on any atom is -0.355 e. The fraction of sp³-hybridized carbons (Fsp3) is 0.170. The van der Waals surface area contributed by atoms with E-state index in [1.54, 1.807) is 0 Å². The topological polar surface area (TPSA) is 88.3 Å². The largest absolute Gasteiger partial charge is 0.355 e. The van der Waals surface area contributed by atoms with Crippen LogP contribution >= 0.6 is 0 Å². The molecule has 0 bridgehead atoms. The van der Waals surface area contributed by atoms with Crippen molar-refractivity contribution >= 4 is 44.5 Å². The highest BCUT2D eigenvalue weighted by atomic mass is 15.0. The average Bonchev–Trinajstić information content (AvgIpc) is 3.52. The summed E-state index contributed by atoms with van der Waals surface area (Å²) in [6, 6.07) is 44.2. The second-order valence-electron chi connectivity index (χ2n) is 13.9. The fourth-order valence-corrected chi connectivity index (χ4v) is 8.47. The van der Waals surface area contributed by atoms with Crippen molar-refractivity contribution in [1.29, 1.82) is 15.8 Å². The lowest BCUT2D eigenvalue weighted by Gasteiger charge is -2.37. The monoisotopic (exact) mass is 671 g/mol. The van der Waals surface area contributed by atoms with Gasteiger partial charge in [-0.1, -0.05) is 85.8 Å². The number of allylic oxidation sites excluding steroid dienone is 6. The number of nitriles is 3. The Morgan fingerprint density at radius 2 is 1.42 bits per heavy atom. The zero-order valence-corrected chi connectivity index (χ0v) is 29.3. The molecule has 0 fully saturated rings. The van der Waals surface area contributed by atoms with Crippen LogP contribution in [0.2, 0.25) is 0 Å². The molecule has 5 nitrogen and oxygen atoms in total. The van der Waals surface area contributed by atoms with Crippen molar-refractivity contribution in [3.05, 3.63) is 155 Å². The average molecular weight is 672 g/mol. The Kier molecular flexibility index (Phi) is 8.52. The number of benzene rings is 5. The number of hydrogen-bond acceptors (Lipinski definition) is 4. The number of para-hydroxylation sites is 2. The van der Waals surface area contributed by atoms with Crippen LogP contribution in [-0.2, 0) is 0 Å². The van der Waals surface area contributed by atoms with Crippen LogP contribution in [-0.4, -0.2) is 4.57 Å². The molecule has 250 valence electrons. The second-order valence-corrected chi connectivity index (χ2v) is 13.9. The van der Waals surface area contributed by atoms with Crippen LogP contribution in [0.3, 0.4) is 0 Å². The summed E-state index contributed by atoms with van der Waals surface area (Å²) in [4.78, 5) is 0. The Bertz CT molecular complexity index is 2610. The van der Waals surface area contributed by atoms with Crippen molar-refractivity contribution in [3.63, 3.8) is 0 Å². The van der Waals surface area contributed by atoms with Crippen LogP contribution in [0, 0.1) is 58.7 Å². The number of rotatable bonds is 6. The molecule has 1 heterocycles. The van der Waals surface area contributed by atoms with Gasteiger partial charge in [0.2, 0.25) is 0 Å². The summed E-state index contributed by atoms with van der Waals surface area (Å²) >= 11 is 0. The van der Waals surface area contributed by atoms with Gasteiger partial charge >= 0.3 is 0 Å². The van der Waals surface area contributed by atoms with E-state index in [1.165, 1.54) is 22.3 Å². The van der Waals surface area contributed by atoms with Gasteiger partial charge in [0.15, 0.2) is 0 Å². The Hall–Kier alpha value is -6.61. The molecule has 8 rings (SSSR count). The van der Waals surface area contributed by atoms with E-state index in [2.05, 4.69) is 133 Å². The maximum absolute atomic E-state index is 10.8. The van der Waals surface area contributed by atoms with Crippen LogP contribution < -0.4 is 5.32 Å². The van der Waals surface area contributed by atoms with E-state index in [-0.39, 0.29) is 17.8 Å². The first-order valence-electron chi connectivity index (χ1n) is 17.9. The highest BCUT2D eigenvalue weighted by Gasteiger charge is 2.37. The van der Waals surface area contributed by atoms with Gasteiger partial charge in [-0.15, -0.1) is 0 Å². The third-order valence-corrected chi connectivity index (χ3v) is 10.8. The lowest BCUT2D eigenvalue weighted by molar-refractivity contribution is 0.360. The molecule has 0 saturated carbocycles. The molecular formula is C47H37N5. The molecule has 5 aromatic carbocycles. The van der Waals surface area contributed by atoms with E-state index in [0.29, 0.717) is 11.1 Å². The maximum atomic E-state index is 10.8. The number of nitrogens with zero attached hydrogens (tertiary/aromatic N) is 4. The van der Waals surface area contributed by atoms with Gasteiger partial charge in [0, 0.05) is 44.9 Å². The van der Waals surface area contributed by atoms with Crippen LogP contribution in [0.15, 0.2) is 133 Å². The van der Waals surface area contributed by atoms with Crippen molar-refractivity contribution in [2.75, 3.05) is 5.32 Å². The van der Waals surface area contributed by atoms with Gasteiger partial charge < -0.3 is 9.88 Å². The first-order chi connectivity index (χ1) is 25.5. The molecule has 52 heavy (non-hydrogen) atoms. The van der Waals surface area contributed by atoms with E-state index in [9.17, 15) is 15.8 Å². The Morgan fingerprint density at radius 3 is 2.17 bits per heavy atom. The van der Waals surface area contributed by atoms with E-state index >= 15 is 0 Å². The molecule has 3 atom stereocenters. The zero-order chi connectivity index (χ0) is 35.8. The molecule has 1 aromatic heterocycles. The minimum absolute atomic E-state index is 0.000521. The molecule has 0 radical (unpaired) electrons. The smallest absolute Gasteiger partial charge is 0.0998 e. The molecule has 6 aromatic rings. The summed E-state index contributed by atoms with van der Waals surface area (Å²) in [5.74, 6) is -0.205. The van der Waals surface area contributed by atoms with Crippen molar-refractivity contribution < 1.29 is 0 Å². The highest BCUT2D eigenvalue weighted by molar-refractivity contribution is 6.13. The lowest BCUT2D eigenvalue weighted by Crippen LogP contribution is -2.28. The van der Waals surface area contributed by atoms with Crippen molar-refractivity contribution in [3.8, 4) is 29.3 Å². The highest BCUT2D eigenvalue weighted by Crippen LogP contribution is 2.48. The summed E-state index contributed by atoms with van der Waals surface area (Å²) in [6.07, 6.45) is 9.50. The molecule has 0 aliphatic heterocycles. The van der Waals surface area contributed by atoms with Crippen LogP contribution in [0.1, 0.15) is 48.4 Å². The number of anilines is 2. The van der Waals surface area contributed by atoms with Gasteiger partial charge in [0.1, 0.15) is 0 Å².